The summed E-state index contributed by atoms with van der Waals surface area (Å²) in [7, 11) is 2.30. The van der Waals surface area contributed by atoms with Crippen LogP contribution >= 0.6 is 0 Å². The molecule has 8 nitrogen and oxygen atoms in total. The van der Waals surface area contributed by atoms with Gasteiger partial charge in [-0.3, -0.25) is 20.2 Å². The molecule has 0 aromatic carbocycles. The third-order valence-corrected chi connectivity index (χ3v) is 1.43. The average Bonchev–Trinajstić information content (AvgIpc) is 2.03. The Bertz CT molecular complexity index is 183. The molecule has 76 valence electrons. The molecule has 0 N–H and O–H groups in total. The van der Waals surface area contributed by atoms with Crippen molar-refractivity contribution in [3.05, 3.63) is 20.2 Å². The molecule has 0 aromatic rings. The van der Waals surface area contributed by atoms with Crippen LogP contribution in [0.5, 0.6) is 0 Å². The maximum absolute atomic E-state index is 10.4. The summed E-state index contributed by atoms with van der Waals surface area (Å²) in [6.45, 7) is -1.25. The molecule has 0 aliphatic heterocycles. The number of nitro groups is 2. The number of methoxy groups -OCH3 is 2. The first-order chi connectivity index (χ1) is 6.01. The molecule has 13 heavy (non-hydrogen) atoms. The SMILES string of the molecule is COCC(COC)([N+](=O)[O-])[N+](=O)[O-]. The van der Waals surface area contributed by atoms with Gasteiger partial charge in [0.25, 0.3) is 0 Å². The molecule has 0 aromatic heterocycles. The highest BCUT2D eigenvalue weighted by atomic mass is 16.7. The van der Waals surface area contributed by atoms with E-state index >= 15 is 0 Å². The lowest BCUT2D eigenvalue weighted by Crippen LogP contribution is -2.53. The lowest BCUT2D eigenvalue weighted by molar-refractivity contribution is -0.800. The van der Waals surface area contributed by atoms with Crippen molar-refractivity contribution in [2.75, 3.05) is 27.4 Å². The minimum Gasteiger partial charge on any atom is -0.370 e. The Morgan fingerprint density at radius 3 is 1.54 bits per heavy atom. The normalized spacial score (nSPS) is 11.2. The topological polar surface area (TPSA) is 105 Å². The van der Waals surface area contributed by atoms with Crippen LogP contribution in [0, 0.1) is 20.2 Å². The predicted molar refractivity (Wildman–Crippen MR) is 40.5 cm³/mol. The molecule has 0 unspecified atom stereocenters. The first-order valence-electron chi connectivity index (χ1n) is 3.28. The quantitative estimate of drug-likeness (QED) is 0.321. The summed E-state index contributed by atoms with van der Waals surface area (Å²) < 4.78 is 8.84. The Morgan fingerprint density at radius 1 is 1.08 bits per heavy atom. The highest BCUT2D eigenvalue weighted by Crippen LogP contribution is 2.11. The van der Waals surface area contributed by atoms with E-state index in [-0.39, 0.29) is 0 Å². The number of rotatable bonds is 6. The summed E-state index contributed by atoms with van der Waals surface area (Å²) >= 11 is 0. The van der Waals surface area contributed by atoms with Crippen molar-refractivity contribution in [1.29, 1.82) is 0 Å². The third-order valence-electron chi connectivity index (χ3n) is 1.43. The van der Waals surface area contributed by atoms with E-state index in [1.807, 2.05) is 0 Å². The Labute approximate surface area is 73.7 Å². The molecule has 0 spiro atoms. The van der Waals surface area contributed by atoms with Gasteiger partial charge in [0.1, 0.15) is 9.85 Å². The molecule has 0 amide bonds. The Morgan fingerprint density at radius 2 is 1.38 bits per heavy atom. The van der Waals surface area contributed by atoms with Crippen LogP contribution in [0.15, 0.2) is 0 Å². The zero-order valence-corrected chi connectivity index (χ0v) is 7.26. The van der Waals surface area contributed by atoms with Gasteiger partial charge in [-0.05, 0) is 0 Å². The van der Waals surface area contributed by atoms with Crippen molar-refractivity contribution in [2.24, 2.45) is 0 Å². The van der Waals surface area contributed by atoms with Crippen molar-refractivity contribution < 1.29 is 19.3 Å². The lowest BCUT2D eigenvalue weighted by atomic mass is 10.2. The summed E-state index contributed by atoms with van der Waals surface area (Å²) in [5.41, 5.74) is -2.40. The lowest BCUT2D eigenvalue weighted by Gasteiger charge is -2.14. The highest BCUT2D eigenvalue weighted by molar-refractivity contribution is 4.65. The Kier molecular flexibility index (Phi) is 4.21. The van der Waals surface area contributed by atoms with E-state index in [1.165, 1.54) is 0 Å². The smallest absolute Gasteiger partial charge is 0.370 e. The summed E-state index contributed by atoms with van der Waals surface area (Å²) in [6, 6.07) is 0. The molecule has 0 aliphatic carbocycles. The van der Waals surface area contributed by atoms with Gasteiger partial charge in [0, 0.05) is 14.2 Å². The van der Waals surface area contributed by atoms with E-state index in [4.69, 9.17) is 0 Å². The predicted octanol–water partition coefficient (Wildman–Crippen LogP) is -0.471. The molecule has 0 saturated carbocycles. The molecule has 0 aliphatic rings. The van der Waals surface area contributed by atoms with Crippen LogP contribution in [-0.4, -0.2) is 42.9 Å². The van der Waals surface area contributed by atoms with Gasteiger partial charge in [-0.1, -0.05) is 0 Å². The molecule has 8 heteroatoms. The van der Waals surface area contributed by atoms with Crippen LogP contribution in [0.3, 0.4) is 0 Å². The van der Waals surface area contributed by atoms with Gasteiger partial charge in [-0.2, -0.15) is 0 Å². The Balaban J connectivity index is 4.80. The van der Waals surface area contributed by atoms with Crippen LogP contribution in [0.4, 0.5) is 0 Å². The number of ether oxygens (including phenoxy) is 2. The van der Waals surface area contributed by atoms with E-state index in [1.54, 1.807) is 0 Å². The van der Waals surface area contributed by atoms with E-state index < -0.39 is 28.7 Å². The maximum atomic E-state index is 10.4. The van der Waals surface area contributed by atoms with Gasteiger partial charge in [0.15, 0.2) is 13.2 Å². The third kappa shape index (κ3) is 2.33. The second kappa shape index (κ2) is 4.67. The Hall–Kier alpha value is -1.28. The van der Waals surface area contributed by atoms with Crippen molar-refractivity contribution in [1.82, 2.24) is 0 Å². The zero-order chi connectivity index (χ0) is 10.5. The summed E-state index contributed by atoms with van der Waals surface area (Å²) in [4.78, 5) is 18.9. The number of hydrogen-bond donors (Lipinski definition) is 0. The van der Waals surface area contributed by atoms with Gasteiger partial charge in [0.2, 0.25) is 0 Å². The van der Waals surface area contributed by atoms with Crippen LogP contribution in [0.1, 0.15) is 0 Å². The summed E-state index contributed by atoms with van der Waals surface area (Å²) in [5, 5.41) is 20.9. The molecule has 0 heterocycles. The van der Waals surface area contributed by atoms with Crippen LogP contribution in [-0.2, 0) is 9.47 Å². The summed E-state index contributed by atoms with van der Waals surface area (Å²) in [6.07, 6.45) is 0. The van der Waals surface area contributed by atoms with Crippen LogP contribution < -0.4 is 0 Å². The molecule has 0 rings (SSSR count). The summed E-state index contributed by atoms with van der Waals surface area (Å²) in [5.74, 6) is 0. The highest BCUT2D eigenvalue weighted by Gasteiger charge is 2.56. The van der Waals surface area contributed by atoms with Crippen LogP contribution in [0.2, 0.25) is 0 Å². The fourth-order valence-corrected chi connectivity index (χ4v) is 0.781. The van der Waals surface area contributed by atoms with E-state index in [2.05, 4.69) is 9.47 Å². The minimum absolute atomic E-state index is 0.624. The second-order valence-electron chi connectivity index (χ2n) is 2.36. The monoisotopic (exact) mass is 194 g/mol. The molecule has 0 saturated heterocycles. The molecular formula is C5H10N2O6. The first-order valence-corrected chi connectivity index (χ1v) is 3.28. The van der Waals surface area contributed by atoms with E-state index in [0.717, 1.165) is 14.2 Å². The fraction of sp³-hybridized carbons (Fsp3) is 1.00. The molecule has 0 bridgehead atoms. The van der Waals surface area contributed by atoms with Crippen LogP contribution in [0.25, 0.3) is 0 Å². The van der Waals surface area contributed by atoms with Gasteiger partial charge in [-0.25, -0.2) is 0 Å². The van der Waals surface area contributed by atoms with Crippen molar-refractivity contribution >= 4 is 0 Å². The standard InChI is InChI=1S/C5H10N2O6/c1-12-3-5(4-13-2,6(8)9)7(10)11/h3-4H2,1-2H3. The first kappa shape index (κ1) is 11.7. The minimum atomic E-state index is -2.40. The van der Waals surface area contributed by atoms with Gasteiger partial charge < -0.3 is 9.47 Å². The van der Waals surface area contributed by atoms with Gasteiger partial charge >= 0.3 is 5.66 Å². The van der Waals surface area contributed by atoms with Crippen molar-refractivity contribution in [3.8, 4) is 0 Å². The maximum Gasteiger partial charge on any atom is 0.502 e. The molecule has 0 atom stereocenters. The fourth-order valence-electron chi connectivity index (χ4n) is 0.781. The average molecular weight is 194 g/mol. The van der Waals surface area contributed by atoms with Gasteiger partial charge in [0.05, 0.1) is 0 Å². The molecule has 0 radical (unpaired) electrons. The molecular weight excluding hydrogens is 184 g/mol. The zero-order valence-electron chi connectivity index (χ0n) is 7.26. The van der Waals surface area contributed by atoms with Crippen molar-refractivity contribution in [3.63, 3.8) is 0 Å². The van der Waals surface area contributed by atoms with Gasteiger partial charge in [-0.15, -0.1) is 0 Å². The largest absolute Gasteiger partial charge is 0.502 e. The van der Waals surface area contributed by atoms with E-state index in [9.17, 15) is 20.2 Å². The second-order valence-corrected chi connectivity index (χ2v) is 2.36. The van der Waals surface area contributed by atoms with Crippen molar-refractivity contribution in [2.45, 2.75) is 5.66 Å². The molecule has 0 fully saturated rings. The number of hydrogen-bond acceptors (Lipinski definition) is 6. The van der Waals surface area contributed by atoms with E-state index in [0.29, 0.717) is 0 Å². The number of nitrogens with zero attached hydrogens (tertiary/aromatic N) is 2.